The van der Waals surface area contributed by atoms with E-state index in [0.29, 0.717) is 12.4 Å². The van der Waals surface area contributed by atoms with Crippen LogP contribution < -0.4 is 4.74 Å². The lowest BCUT2D eigenvalue weighted by Gasteiger charge is -2.25. The van der Waals surface area contributed by atoms with Crippen LogP contribution in [0.1, 0.15) is 36.9 Å². The molecule has 0 N–H and O–H groups in total. The average molecular weight is 422 g/mol. The Balaban J connectivity index is 1.43. The molecule has 1 saturated heterocycles. The van der Waals surface area contributed by atoms with E-state index in [1.807, 2.05) is 42.3 Å². The maximum Gasteiger partial charge on any atom is 0.233 e. The first-order chi connectivity index (χ1) is 14.7. The van der Waals surface area contributed by atoms with Gasteiger partial charge in [0, 0.05) is 18.9 Å². The van der Waals surface area contributed by atoms with Crippen LogP contribution in [0.4, 0.5) is 0 Å². The predicted octanol–water partition coefficient (Wildman–Crippen LogP) is 5.04. The number of likely N-dealkylation sites (tertiary alicyclic amines) is 1. The zero-order chi connectivity index (χ0) is 20.9. The Morgan fingerprint density at radius 2 is 2.00 bits per heavy atom. The molecule has 1 aliphatic rings. The van der Waals surface area contributed by atoms with Crippen molar-refractivity contribution in [3.63, 3.8) is 0 Å². The van der Waals surface area contributed by atoms with Crippen LogP contribution in [0.5, 0.6) is 5.75 Å². The highest BCUT2D eigenvalue weighted by Gasteiger charge is 2.30. The largest absolute Gasteiger partial charge is 0.494 e. The molecule has 5 nitrogen and oxygen atoms in total. The fourth-order valence-corrected chi connectivity index (χ4v) is 4.84. The quantitative estimate of drug-likeness (QED) is 0.502. The number of carbonyl (C=O) groups excluding carboxylic acids is 1. The number of hydrogen-bond acceptors (Lipinski definition) is 4. The summed E-state index contributed by atoms with van der Waals surface area (Å²) in [6.07, 6.45) is 5.78. The summed E-state index contributed by atoms with van der Waals surface area (Å²) in [5.41, 5.74) is 3.45. The van der Waals surface area contributed by atoms with Crippen molar-refractivity contribution < 1.29 is 9.53 Å². The molecule has 3 aromatic rings. The van der Waals surface area contributed by atoms with Crippen LogP contribution in [0.3, 0.4) is 0 Å². The third-order valence-electron chi connectivity index (χ3n) is 5.46. The number of rotatable bonds is 7. The van der Waals surface area contributed by atoms with Gasteiger partial charge in [0.15, 0.2) is 5.16 Å². The summed E-state index contributed by atoms with van der Waals surface area (Å²) in [6, 6.07) is 16.5. The van der Waals surface area contributed by atoms with Gasteiger partial charge in [0.1, 0.15) is 5.75 Å². The summed E-state index contributed by atoms with van der Waals surface area (Å²) in [5.74, 6) is 1.42. The van der Waals surface area contributed by atoms with Crippen LogP contribution in [0.15, 0.2) is 66.1 Å². The summed E-state index contributed by atoms with van der Waals surface area (Å²) < 4.78 is 7.60. The van der Waals surface area contributed by atoms with Crippen LogP contribution >= 0.6 is 11.8 Å². The van der Waals surface area contributed by atoms with Gasteiger partial charge in [-0.3, -0.25) is 9.36 Å². The Morgan fingerprint density at radius 1 is 1.20 bits per heavy atom. The second kappa shape index (κ2) is 9.39. The molecule has 1 aliphatic heterocycles. The summed E-state index contributed by atoms with van der Waals surface area (Å²) in [5, 5.41) is 0.842. The number of nitrogens with zero attached hydrogens (tertiary/aromatic N) is 3. The fourth-order valence-electron chi connectivity index (χ4n) is 3.99. The normalized spacial score (nSPS) is 16.1. The number of para-hydroxylation sites is 1. The number of aryl methyl sites for hydroxylation is 1. The Kier molecular flexibility index (Phi) is 6.43. The molecule has 0 bridgehead atoms. The average Bonchev–Trinajstić information content (AvgIpc) is 3.43. The molecular formula is C24H27N3O2S. The van der Waals surface area contributed by atoms with Gasteiger partial charge in [-0.1, -0.05) is 42.1 Å². The van der Waals surface area contributed by atoms with E-state index in [-0.39, 0.29) is 11.9 Å². The van der Waals surface area contributed by atoms with Crippen molar-refractivity contribution in [1.82, 2.24) is 14.5 Å². The molecule has 4 rings (SSSR count). The van der Waals surface area contributed by atoms with E-state index in [1.54, 1.807) is 6.20 Å². The van der Waals surface area contributed by atoms with E-state index < -0.39 is 0 Å². The maximum absolute atomic E-state index is 13.1. The number of benzene rings is 2. The zero-order valence-electron chi connectivity index (χ0n) is 17.5. The highest BCUT2D eigenvalue weighted by Crippen LogP contribution is 2.34. The van der Waals surface area contributed by atoms with Gasteiger partial charge in [-0.15, -0.1) is 0 Å². The Morgan fingerprint density at radius 3 is 2.77 bits per heavy atom. The topological polar surface area (TPSA) is 47.4 Å². The molecule has 1 fully saturated rings. The number of ether oxygens (including phenoxy) is 1. The molecule has 1 amide bonds. The molecule has 0 radical (unpaired) electrons. The third kappa shape index (κ3) is 4.38. The number of aromatic nitrogens is 2. The predicted molar refractivity (Wildman–Crippen MR) is 120 cm³/mol. The smallest absolute Gasteiger partial charge is 0.233 e. The van der Waals surface area contributed by atoms with Crippen molar-refractivity contribution in [2.24, 2.45) is 0 Å². The highest BCUT2D eigenvalue weighted by atomic mass is 32.2. The summed E-state index contributed by atoms with van der Waals surface area (Å²) in [4.78, 5) is 19.5. The van der Waals surface area contributed by atoms with Crippen molar-refractivity contribution in [2.75, 3.05) is 18.9 Å². The number of amides is 1. The van der Waals surface area contributed by atoms with Gasteiger partial charge < -0.3 is 9.64 Å². The Hall–Kier alpha value is -2.73. The van der Waals surface area contributed by atoms with Gasteiger partial charge in [0.2, 0.25) is 5.91 Å². The molecule has 1 atom stereocenters. The summed E-state index contributed by atoms with van der Waals surface area (Å²) in [6.45, 7) is 5.53. The highest BCUT2D eigenvalue weighted by molar-refractivity contribution is 7.99. The van der Waals surface area contributed by atoms with E-state index in [9.17, 15) is 4.79 Å². The van der Waals surface area contributed by atoms with Crippen LogP contribution in [0, 0.1) is 6.92 Å². The SMILES string of the molecule is CCOc1ccc(C2CCCN2C(=O)CSc2nccn2-c2ccccc2C)cc1. The molecule has 6 heteroatoms. The summed E-state index contributed by atoms with van der Waals surface area (Å²) >= 11 is 1.50. The fraction of sp³-hybridized carbons (Fsp3) is 0.333. The standard InChI is InChI=1S/C24H27N3O2S/c1-3-29-20-12-10-19(11-13-20)22-9-6-15-26(22)23(28)17-30-24-25-14-16-27(24)21-8-5-4-7-18(21)2/h4-5,7-8,10-14,16,22H,3,6,9,15,17H2,1-2H3. The lowest BCUT2D eigenvalue weighted by Crippen LogP contribution is -2.32. The van der Waals surface area contributed by atoms with Gasteiger partial charge in [0.25, 0.3) is 0 Å². The second-order valence-corrected chi connectivity index (χ2v) is 8.34. The van der Waals surface area contributed by atoms with Gasteiger partial charge in [0.05, 0.1) is 24.1 Å². The number of hydrogen-bond donors (Lipinski definition) is 0. The van der Waals surface area contributed by atoms with E-state index in [0.717, 1.165) is 36.0 Å². The molecule has 0 aliphatic carbocycles. The van der Waals surface area contributed by atoms with E-state index >= 15 is 0 Å². The number of imidazole rings is 1. The first kappa shape index (κ1) is 20.5. The summed E-state index contributed by atoms with van der Waals surface area (Å²) in [7, 11) is 0. The molecule has 2 aromatic carbocycles. The minimum Gasteiger partial charge on any atom is -0.494 e. The zero-order valence-corrected chi connectivity index (χ0v) is 18.3. The van der Waals surface area contributed by atoms with Gasteiger partial charge in [-0.25, -0.2) is 4.98 Å². The van der Waals surface area contributed by atoms with Gasteiger partial charge in [-0.2, -0.15) is 0 Å². The van der Waals surface area contributed by atoms with Crippen molar-refractivity contribution in [3.05, 3.63) is 72.1 Å². The molecule has 0 spiro atoms. The van der Waals surface area contributed by atoms with Gasteiger partial charge in [-0.05, 0) is 56.0 Å². The van der Waals surface area contributed by atoms with Crippen LogP contribution in [0.2, 0.25) is 0 Å². The number of carbonyl (C=O) groups is 1. The van der Waals surface area contributed by atoms with Crippen LogP contribution in [-0.2, 0) is 4.79 Å². The minimum atomic E-state index is 0.143. The van der Waals surface area contributed by atoms with Crippen LogP contribution in [0.25, 0.3) is 5.69 Å². The molecule has 2 heterocycles. The van der Waals surface area contributed by atoms with Crippen LogP contribution in [-0.4, -0.2) is 39.3 Å². The first-order valence-corrected chi connectivity index (χ1v) is 11.4. The Labute approximate surface area is 182 Å². The molecular weight excluding hydrogens is 394 g/mol. The molecule has 0 saturated carbocycles. The number of thioether (sulfide) groups is 1. The third-order valence-corrected chi connectivity index (χ3v) is 6.41. The minimum absolute atomic E-state index is 0.143. The molecule has 156 valence electrons. The molecule has 1 unspecified atom stereocenters. The van der Waals surface area contributed by atoms with Gasteiger partial charge >= 0.3 is 0 Å². The second-order valence-electron chi connectivity index (χ2n) is 7.40. The first-order valence-electron chi connectivity index (χ1n) is 10.4. The van der Waals surface area contributed by atoms with E-state index in [4.69, 9.17) is 4.74 Å². The van der Waals surface area contributed by atoms with Crippen molar-refractivity contribution in [3.8, 4) is 11.4 Å². The van der Waals surface area contributed by atoms with Crippen molar-refractivity contribution in [1.29, 1.82) is 0 Å². The van der Waals surface area contributed by atoms with E-state index in [2.05, 4.69) is 40.7 Å². The lowest BCUT2D eigenvalue weighted by atomic mass is 10.0. The molecule has 1 aromatic heterocycles. The van der Waals surface area contributed by atoms with E-state index in [1.165, 1.54) is 22.9 Å². The Bertz CT molecular complexity index is 1000. The van der Waals surface area contributed by atoms with Crippen molar-refractivity contribution in [2.45, 2.75) is 37.9 Å². The molecule has 30 heavy (non-hydrogen) atoms. The van der Waals surface area contributed by atoms with Crippen molar-refractivity contribution >= 4 is 17.7 Å². The maximum atomic E-state index is 13.1. The monoisotopic (exact) mass is 421 g/mol. The lowest BCUT2D eigenvalue weighted by molar-refractivity contribution is -0.129.